The van der Waals surface area contributed by atoms with Crippen molar-refractivity contribution >= 4 is 15.9 Å². The molecule has 0 bridgehead atoms. The Bertz CT molecular complexity index is 567. The molecule has 1 atom stereocenters. The lowest BCUT2D eigenvalue weighted by atomic mass is 9.90. The molecule has 2 aromatic rings. The lowest BCUT2D eigenvalue weighted by Crippen LogP contribution is -2.20. The normalized spacial score (nSPS) is 12.5. The van der Waals surface area contributed by atoms with Gasteiger partial charge in [0, 0.05) is 4.47 Å². The van der Waals surface area contributed by atoms with Crippen LogP contribution in [0.1, 0.15) is 33.9 Å². The number of nitrogens with one attached hydrogen (secondary N) is 1. The van der Waals surface area contributed by atoms with E-state index < -0.39 is 0 Å². The van der Waals surface area contributed by atoms with Crippen LogP contribution in [0.5, 0.6) is 0 Å². The first-order valence-electron chi connectivity index (χ1n) is 6.54. The molecule has 0 fully saturated rings. The molecule has 1 unspecified atom stereocenters. The molecule has 19 heavy (non-hydrogen) atoms. The van der Waals surface area contributed by atoms with Crippen LogP contribution in [-0.4, -0.2) is 7.05 Å². The first-order chi connectivity index (χ1) is 9.04. The molecule has 0 heterocycles. The van der Waals surface area contributed by atoms with E-state index in [2.05, 4.69) is 78.4 Å². The van der Waals surface area contributed by atoms with Crippen LogP contribution < -0.4 is 5.32 Å². The van der Waals surface area contributed by atoms with Gasteiger partial charge in [0.25, 0.3) is 0 Å². The highest BCUT2D eigenvalue weighted by Gasteiger charge is 2.18. The second kappa shape index (κ2) is 5.89. The van der Waals surface area contributed by atoms with Crippen LogP contribution in [0, 0.1) is 20.8 Å². The van der Waals surface area contributed by atoms with Crippen LogP contribution in [0.15, 0.2) is 40.9 Å². The maximum atomic E-state index is 3.66. The molecule has 2 heteroatoms. The number of hydrogen-bond donors (Lipinski definition) is 1. The third-order valence-electron chi connectivity index (χ3n) is 3.53. The molecule has 0 radical (unpaired) electrons. The Kier molecular flexibility index (Phi) is 4.43. The zero-order valence-electron chi connectivity index (χ0n) is 11.9. The van der Waals surface area contributed by atoms with Crippen LogP contribution in [0.3, 0.4) is 0 Å². The molecule has 2 aromatic carbocycles. The van der Waals surface area contributed by atoms with Gasteiger partial charge in [0.2, 0.25) is 0 Å². The summed E-state index contributed by atoms with van der Waals surface area (Å²) in [4.78, 5) is 0. The molecule has 0 spiro atoms. The molecule has 1 N–H and O–H groups in total. The van der Waals surface area contributed by atoms with Gasteiger partial charge in [-0.15, -0.1) is 0 Å². The Balaban J connectivity index is 2.58. The van der Waals surface area contributed by atoms with Crippen molar-refractivity contribution in [3.63, 3.8) is 0 Å². The highest BCUT2D eigenvalue weighted by atomic mass is 79.9. The first kappa shape index (κ1) is 14.3. The van der Waals surface area contributed by atoms with E-state index in [1.165, 1.54) is 27.8 Å². The summed E-state index contributed by atoms with van der Waals surface area (Å²) in [5.41, 5.74) is 6.65. The van der Waals surface area contributed by atoms with Crippen LogP contribution in [0.4, 0.5) is 0 Å². The van der Waals surface area contributed by atoms with E-state index in [1.54, 1.807) is 0 Å². The van der Waals surface area contributed by atoms with Crippen LogP contribution in [0.25, 0.3) is 0 Å². The molecule has 0 aromatic heterocycles. The standard InChI is InChI=1S/C17H20BrN/c1-11-9-12(2)16(13(3)10-11)17(19-4)14-7-5-6-8-15(14)18/h5-10,17,19H,1-4H3. The summed E-state index contributed by atoms with van der Waals surface area (Å²) in [7, 11) is 2.02. The summed E-state index contributed by atoms with van der Waals surface area (Å²) < 4.78 is 1.15. The molecule has 0 aliphatic rings. The number of aryl methyl sites for hydroxylation is 3. The van der Waals surface area contributed by atoms with Crippen molar-refractivity contribution < 1.29 is 0 Å². The Morgan fingerprint density at radius 1 is 1.00 bits per heavy atom. The van der Waals surface area contributed by atoms with Crippen LogP contribution in [-0.2, 0) is 0 Å². The predicted molar refractivity (Wildman–Crippen MR) is 85.7 cm³/mol. The number of halogens is 1. The summed E-state index contributed by atoms with van der Waals surface area (Å²) in [6.07, 6.45) is 0. The average Bonchev–Trinajstić information content (AvgIpc) is 2.34. The third kappa shape index (κ3) is 2.90. The number of rotatable bonds is 3. The molecule has 0 amide bonds. The summed E-state index contributed by atoms with van der Waals surface area (Å²) in [5.74, 6) is 0. The highest BCUT2D eigenvalue weighted by molar-refractivity contribution is 9.10. The fourth-order valence-corrected chi connectivity index (χ4v) is 3.32. The molecule has 0 saturated carbocycles. The minimum absolute atomic E-state index is 0.219. The first-order valence-corrected chi connectivity index (χ1v) is 7.33. The molecule has 0 aliphatic carbocycles. The zero-order valence-corrected chi connectivity index (χ0v) is 13.5. The minimum Gasteiger partial charge on any atom is -0.309 e. The second-order valence-electron chi connectivity index (χ2n) is 5.06. The Morgan fingerprint density at radius 2 is 1.58 bits per heavy atom. The second-order valence-corrected chi connectivity index (χ2v) is 5.91. The van der Waals surface area contributed by atoms with Crippen molar-refractivity contribution in [2.45, 2.75) is 26.8 Å². The molecule has 2 rings (SSSR count). The van der Waals surface area contributed by atoms with Crippen molar-refractivity contribution in [2.75, 3.05) is 7.05 Å². The van der Waals surface area contributed by atoms with E-state index in [0.29, 0.717) is 0 Å². The van der Waals surface area contributed by atoms with E-state index in [1.807, 2.05) is 7.05 Å². The summed E-state index contributed by atoms with van der Waals surface area (Å²) in [5, 5.41) is 3.45. The summed E-state index contributed by atoms with van der Waals surface area (Å²) >= 11 is 3.66. The predicted octanol–water partition coefficient (Wildman–Crippen LogP) is 4.68. The van der Waals surface area contributed by atoms with E-state index in [9.17, 15) is 0 Å². The molecule has 0 aliphatic heterocycles. The largest absolute Gasteiger partial charge is 0.309 e. The van der Waals surface area contributed by atoms with Gasteiger partial charge in [0.1, 0.15) is 0 Å². The fraction of sp³-hybridized carbons (Fsp3) is 0.294. The molecule has 100 valence electrons. The SMILES string of the molecule is CNC(c1ccccc1Br)c1c(C)cc(C)cc1C. The van der Waals surface area contributed by atoms with Crippen molar-refractivity contribution in [1.29, 1.82) is 0 Å². The summed E-state index contributed by atoms with van der Waals surface area (Å²) in [6, 6.07) is 13.1. The van der Waals surface area contributed by atoms with Gasteiger partial charge in [0.05, 0.1) is 6.04 Å². The van der Waals surface area contributed by atoms with Gasteiger partial charge in [-0.05, 0) is 56.1 Å². The maximum Gasteiger partial charge on any atom is 0.0590 e. The van der Waals surface area contributed by atoms with Gasteiger partial charge in [-0.3, -0.25) is 0 Å². The molecular formula is C17H20BrN. The quantitative estimate of drug-likeness (QED) is 0.866. The lowest BCUT2D eigenvalue weighted by molar-refractivity contribution is 0.680. The van der Waals surface area contributed by atoms with Gasteiger partial charge in [-0.2, -0.15) is 0 Å². The van der Waals surface area contributed by atoms with Crippen molar-refractivity contribution in [3.8, 4) is 0 Å². The summed E-state index contributed by atoms with van der Waals surface area (Å²) in [6.45, 7) is 6.53. The Hall–Kier alpha value is -1.12. The van der Waals surface area contributed by atoms with Crippen molar-refractivity contribution in [3.05, 3.63) is 68.7 Å². The molecule has 1 nitrogen and oxygen atoms in total. The van der Waals surface area contributed by atoms with E-state index in [-0.39, 0.29) is 6.04 Å². The van der Waals surface area contributed by atoms with Crippen molar-refractivity contribution in [2.24, 2.45) is 0 Å². The van der Waals surface area contributed by atoms with E-state index in [4.69, 9.17) is 0 Å². The topological polar surface area (TPSA) is 12.0 Å². The maximum absolute atomic E-state index is 3.66. The number of benzene rings is 2. The smallest absolute Gasteiger partial charge is 0.0590 e. The van der Waals surface area contributed by atoms with Crippen LogP contribution in [0.2, 0.25) is 0 Å². The molecular weight excluding hydrogens is 298 g/mol. The van der Waals surface area contributed by atoms with Crippen molar-refractivity contribution in [1.82, 2.24) is 5.32 Å². The Morgan fingerprint density at radius 3 is 2.11 bits per heavy atom. The average molecular weight is 318 g/mol. The van der Waals surface area contributed by atoms with E-state index >= 15 is 0 Å². The van der Waals surface area contributed by atoms with Gasteiger partial charge in [0.15, 0.2) is 0 Å². The van der Waals surface area contributed by atoms with Gasteiger partial charge in [-0.25, -0.2) is 0 Å². The Labute approximate surface area is 124 Å². The third-order valence-corrected chi connectivity index (χ3v) is 4.25. The highest BCUT2D eigenvalue weighted by Crippen LogP contribution is 2.32. The lowest BCUT2D eigenvalue weighted by Gasteiger charge is -2.23. The fourth-order valence-electron chi connectivity index (χ4n) is 2.81. The van der Waals surface area contributed by atoms with Gasteiger partial charge >= 0.3 is 0 Å². The zero-order chi connectivity index (χ0) is 14.0. The van der Waals surface area contributed by atoms with Gasteiger partial charge in [-0.1, -0.05) is 51.8 Å². The van der Waals surface area contributed by atoms with Crippen LogP contribution >= 0.6 is 15.9 Å². The monoisotopic (exact) mass is 317 g/mol. The minimum atomic E-state index is 0.219. The van der Waals surface area contributed by atoms with E-state index in [0.717, 1.165) is 4.47 Å². The molecule has 0 saturated heterocycles. The van der Waals surface area contributed by atoms with Gasteiger partial charge < -0.3 is 5.32 Å². The number of hydrogen-bond acceptors (Lipinski definition) is 1.